The van der Waals surface area contributed by atoms with Gasteiger partial charge in [0.2, 0.25) is 0 Å². The summed E-state index contributed by atoms with van der Waals surface area (Å²) in [7, 11) is 0. The molecule has 0 atom stereocenters. The van der Waals surface area contributed by atoms with Gasteiger partial charge in [-0.2, -0.15) is 12.8 Å². The number of hydrogen-bond acceptors (Lipinski definition) is 0. The van der Waals surface area contributed by atoms with Crippen molar-refractivity contribution in [1.82, 2.24) is 0 Å². The van der Waals surface area contributed by atoms with E-state index in [4.69, 9.17) is 0 Å². The summed E-state index contributed by atoms with van der Waals surface area (Å²) in [6.07, 6.45) is 10.5. The van der Waals surface area contributed by atoms with Crippen molar-refractivity contribution in [2.45, 2.75) is 38.5 Å². The van der Waals surface area contributed by atoms with Gasteiger partial charge >= 0.3 is 19.5 Å². The molecule has 0 amide bonds. The normalized spacial score (nSPS) is 7.54. The van der Waals surface area contributed by atoms with Crippen LogP contribution in [0.5, 0.6) is 0 Å². The van der Waals surface area contributed by atoms with E-state index < -0.39 is 0 Å². The van der Waals surface area contributed by atoms with Gasteiger partial charge in [-0.15, -0.1) is 13.2 Å². The largest absolute Gasteiger partial charge is 2.00 e. The molecule has 0 radical (unpaired) electrons. The Kier molecular flexibility index (Phi) is 32.9. The monoisotopic (exact) mass is 230 g/mol. The number of hydrogen-bond donors (Lipinski definition) is 0. The summed E-state index contributed by atoms with van der Waals surface area (Å²) in [6.45, 7) is 14.5. The molecule has 0 aliphatic rings. The van der Waals surface area contributed by atoms with Crippen LogP contribution < -0.4 is 0 Å². The van der Waals surface area contributed by atoms with Crippen LogP contribution in [0, 0.1) is 13.8 Å². The average Bonchev–Trinajstić information content (AvgIpc) is 2.12. The van der Waals surface area contributed by atoms with Crippen molar-refractivity contribution >= 4 is 0 Å². The molecule has 0 rings (SSSR count). The molecule has 0 heterocycles. The predicted molar refractivity (Wildman–Crippen MR) is 58.8 cm³/mol. The Morgan fingerprint density at radius 2 is 1.15 bits per heavy atom. The fourth-order valence-corrected chi connectivity index (χ4v) is 0.577. The summed E-state index contributed by atoms with van der Waals surface area (Å²) in [6, 6.07) is 0. The van der Waals surface area contributed by atoms with E-state index in [2.05, 4.69) is 27.0 Å². The standard InChI is InChI=1S/2C6H11.Zn/c2*1-3-5-6-4-2;/h2*3H,1-2,4-6H2;/q2*-1;+2. The summed E-state index contributed by atoms with van der Waals surface area (Å²) >= 11 is 0. The van der Waals surface area contributed by atoms with Crippen LogP contribution >= 0.6 is 0 Å². The van der Waals surface area contributed by atoms with Crippen LogP contribution in [0.25, 0.3) is 0 Å². The number of unbranched alkanes of at least 4 members (excludes halogenated alkanes) is 4. The molecule has 0 N–H and O–H groups in total. The molecule has 0 aromatic rings. The van der Waals surface area contributed by atoms with Gasteiger partial charge in [-0.25, -0.2) is 0 Å². The minimum atomic E-state index is 0. The van der Waals surface area contributed by atoms with Crippen molar-refractivity contribution in [3.63, 3.8) is 0 Å². The van der Waals surface area contributed by atoms with Crippen LogP contribution in [0.2, 0.25) is 0 Å². The summed E-state index contributed by atoms with van der Waals surface area (Å²) in [5, 5.41) is 0. The zero-order chi connectivity index (χ0) is 9.66. The molecule has 0 aliphatic heterocycles. The van der Waals surface area contributed by atoms with Crippen LogP contribution in [0.1, 0.15) is 38.5 Å². The van der Waals surface area contributed by atoms with Crippen molar-refractivity contribution in [3.8, 4) is 0 Å². The SMILES string of the molecule is C=CCCC[CH2-].C=CCCC[CH2-].[Zn+2]. The van der Waals surface area contributed by atoms with Crippen molar-refractivity contribution in [2.24, 2.45) is 0 Å². The summed E-state index contributed by atoms with van der Waals surface area (Å²) in [5.41, 5.74) is 0. The van der Waals surface area contributed by atoms with Gasteiger partial charge in [-0.3, -0.25) is 0 Å². The molecule has 0 fully saturated rings. The minimum absolute atomic E-state index is 0. The molecule has 0 saturated carbocycles. The second-order valence-electron chi connectivity index (χ2n) is 2.57. The molecule has 0 unspecified atom stereocenters. The second-order valence-corrected chi connectivity index (χ2v) is 2.57. The van der Waals surface area contributed by atoms with Crippen LogP contribution in [0.4, 0.5) is 0 Å². The van der Waals surface area contributed by atoms with E-state index in [0.29, 0.717) is 0 Å². The van der Waals surface area contributed by atoms with Gasteiger partial charge in [0.1, 0.15) is 0 Å². The molecule has 0 aliphatic carbocycles. The van der Waals surface area contributed by atoms with E-state index >= 15 is 0 Å². The molecule has 13 heavy (non-hydrogen) atoms. The van der Waals surface area contributed by atoms with Crippen molar-refractivity contribution in [1.29, 1.82) is 0 Å². The van der Waals surface area contributed by atoms with Gasteiger partial charge in [-0.05, 0) is 12.8 Å². The molecule has 0 saturated heterocycles. The molecular formula is C12H22Zn. The molecule has 0 aromatic carbocycles. The molecule has 1 heteroatoms. The van der Waals surface area contributed by atoms with E-state index in [0.717, 1.165) is 25.7 Å². The molecule has 72 valence electrons. The van der Waals surface area contributed by atoms with Crippen LogP contribution in [-0.2, 0) is 19.5 Å². The molecule has 0 bridgehead atoms. The Hall–Kier alpha value is 0.103. The quantitative estimate of drug-likeness (QED) is 0.276. The average molecular weight is 232 g/mol. The van der Waals surface area contributed by atoms with Crippen LogP contribution in [-0.4, -0.2) is 0 Å². The minimum Gasteiger partial charge on any atom is -0.343 e. The van der Waals surface area contributed by atoms with Crippen molar-refractivity contribution in [3.05, 3.63) is 39.2 Å². The fourth-order valence-electron chi connectivity index (χ4n) is 0.577. The Bertz CT molecular complexity index is 75.1. The van der Waals surface area contributed by atoms with Gasteiger partial charge in [-0.1, -0.05) is 25.0 Å². The first-order valence-corrected chi connectivity index (χ1v) is 4.63. The summed E-state index contributed by atoms with van der Waals surface area (Å²) in [4.78, 5) is 0. The maximum absolute atomic E-state index is 3.68. The fraction of sp³-hybridized carbons (Fsp3) is 0.500. The predicted octanol–water partition coefficient (Wildman–Crippen LogP) is 4.35. The van der Waals surface area contributed by atoms with Gasteiger partial charge in [0.15, 0.2) is 0 Å². The zero-order valence-electron chi connectivity index (χ0n) is 8.93. The third-order valence-corrected chi connectivity index (χ3v) is 1.32. The Morgan fingerprint density at radius 1 is 0.846 bits per heavy atom. The van der Waals surface area contributed by atoms with Crippen LogP contribution in [0.15, 0.2) is 25.3 Å². The summed E-state index contributed by atoms with van der Waals surface area (Å²) < 4.78 is 0. The third kappa shape index (κ3) is 33.2. The Labute approximate surface area is 97.3 Å². The zero-order valence-corrected chi connectivity index (χ0v) is 11.9. The van der Waals surface area contributed by atoms with E-state index in [-0.39, 0.29) is 19.5 Å². The summed E-state index contributed by atoms with van der Waals surface area (Å²) in [5.74, 6) is 0. The van der Waals surface area contributed by atoms with E-state index in [1.807, 2.05) is 12.2 Å². The Morgan fingerprint density at radius 3 is 1.23 bits per heavy atom. The first-order valence-electron chi connectivity index (χ1n) is 4.63. The van der Waals surface area contributed by atoms with Crippen LogP contribution in [0.3, 0.4) is 0 Å². The van der Waals surface area contributed by atoms with Gasteiger partial charge < -0.3 is 13.8 Å². The van der Waals surface area contributed by atoms with Gasteiger partial charge in [0.25, 0.3) is 0 Å². The maximum atomic E-state index is 3.68. The first kappa shape index (κ1) is 18.8. The molecule has 0 spiro atoms. The van der Waals surface area contributed by atoms with Gasteiger partial charge in [0.05, 0.1) is 0 Å². The van der Waals surface area contributed by atoms with E-state index in [1.54, 1.807) is 0 Å². The Balaban J connectivity index is -0.000000143. The smallest absolute Gasteiger partial charge is 0.343 e. The molecule has 0 aromatic heterocycles. The molecule has 0 nitrogen and oxygen atoms in total. The maximum Gasteiger partial charge on any atom is 2.00 e. The van der Waals surface area contributed by atoms with Gasteiger partial charge in [0, 0.05) is 0 Å². The third-order valence-electron chi connectivity index (χ3n) is 1.32. The molecular weight excluding hydrogens is 210 g/mol. The van der Waals surface area contributed by atoms with Crippen molar-refractivity contribution in [2.75, 3.05) is 0 Å². The van der Waals surface area contributed by atoms with E-state index in [9.17, 15) is 0 Å². The van der Waals surface area contributed by atoms with E-state index in [1.165, 1.54) is 12.8 Å². The number of rotatable bonds is 6. The number of allylic oxidation sites excluding steroid dienone is 2. The topological polar surface area (TPSA) is 0 Å². The second kappa shape index (κ2) is 22.7. The van der Waals surface area contributed by atoms with Crippen molar-refractivity contribution < 1.29 is 19.5 Å². The first-order chi connectivity index (χ1) is 5.83.